The van der Waals surface area contributed by atoms with E-state index in [0.717, 1.165) is 24.2 Å². The van der Waals surface area contributed by atoms with Gasteiger partial charge < -0.3 is 4.90 Å². The Morgan fingerprint density at radius 1 is 1.25 bits per heavy atom. The van der Waals surface area contributed by atoms with E-state index in [2.05, 4.69) is 39.3 Å². The Morgan fingerprint density at radius 2 is 2.00 bits per heavy atom. The number of aryl methyl sites for hydroxylation is 1. The predicted molar refractivity (Wildman–Crippen MR) is 77.1 cm³/mol. The zero-order valence-corrected chi connectivity index (χ0v) is 12.9. The van der Waals surface area contributed by atoms with Crippen LogP contribution in [-0.4, -0.2) is 63.2 Å². The summed E-state index contributed by atoms with van der Waals surface area (Å²) >= 11 is 0. The van der Waals surface area contributed by atoms with Gasteiger partial charge in [0.1, 0.15) is 0 Å². The van der Waals surface area contributed by atoms with Crippen molar-refractivity contribution in [1.29, 1.82) is 0 Å². The summed E-state index contributed by atoms with van der Waals surface area (Å²) in [5.74, 6) is 2.75. The van der Waals surface area contributed by atoms with Crippen LogP contribution < -0.4 is 0 Å². The van der Waals surface area contributed by atoms with Gasteiger partial charge in [0.15, 0.2) is 5.82 Å². The third-order valence-electron chi connectivity index (χ3n) is 4.73. The van der Waals surface area contributed by atoms with Crippen molar-refractivity contribution in [3.05, 3.63) is 5.82 Å². The summed E-state index contributed by atoms with van der Waals surface area (Å²) in [5.41, 5.74) is 0. The maximum atomic E-state index is 4.14. The molecule has 0 N–H and O–H groups in total. The molecule has 20 heavy (non-hydrogen) atoms. The van der Waals surface area contributed by atoms with Crippen molar-refractivity contribution in [1.82, 2.24) is 30.0 Å². The van der Waals surface area contributed by atoms with Gasteiger partial charge in [0.25, 0.3) is 0 Å². The molecule has 6 nitrogen and oxygen atoms in total. The summed E-state index contributed by atoms with van der Waals surface area (Å²) in [6.07, 6.45) is 4.18. The second-order valence-corrected chi connectivity index (χ2v) is 6.65. The number of hydrogen-bond donors (Lipinski definition) is 0. The molecule has 2 heterocycles. The predicted octanol–water partition coefficient (Wildman–Crippen LogP) is 0.935. The smallest absolute Gasteiger partial charge is 0.167 e. The molecule has 1 aliphatic heterocycles. The Labute approximate surface area is 121 Å². The molecule has 1 aliphatic carbocycles. The third-order valence-corrected chi connectivity index (χ3v) is 4.73. The van der Waals surface area contributed by atoms with E-state index in [1.165, 1.54) is 38.9 Å². The topological polar surface area (TPSA) is 50.1 Å². The average molecular weight is 278 g/mol. The molecular weight excluding hydrogens is 252 g/mol. The van der Waals surface area contributed by atoms with Crippen molar-refractivity contribution in [2.24, 2.45) is 18.9 Å². The van der Waals surface area contributed by atoms with Crippen LogP contribution in [0.1, 0.15) is 38.1 Å². The van der Waals surface area contributed by atoms with Crippen molar-refractivity contribution in [3.63, 3.8) is 0 Å². The molecule has 2 aliphatic rings. The standard InChI is InChI=1S/C14H26N6/c1-11(14-15-16-17-19(14)3)20-7-6-13(10-20)9-18(2)8-12-4-5-12/h11-13H,4-10H2,1-3H3. The van der Waals surface area contributed by atoms with E-state index < -0.39 is 0 Å². The Bertz CT molecular complexity index is 441. The van der Waals surface area contributed by atoms with E-state index in [4.69, 9.17) is 0 Å². The van der Waals surface area contributed by atoms with E-state index in [0.29, 0.717) is 6.04 Å². The molecule has 2 unspecified atom stereocenters. The minimum absolute atomic E-state index is 0.314. The molecule has 0 radical (unpaired) electrons. The highest BCUT2D eigenvalue weighted by atomic mass is 15.5. The molecule has 2 fully saturated rings. The maximum Gasteiger partial charge on any atom is 0.167 e. The SMILES string of the molecule is CC(c1nnnn1C)N1CCC(CN(C)CC2CC2)C1. The lowest BCUT2D eigenvalue weighted by atomic mass is 10.1. The number of aromatic nitrogens is 4. The fourth-order valence-electron chi connectivity index (χ4n) is 3.37. The lowest BCUT2D eigenvalue weighted by Gasteiger charge is -2.24. The number of likely N-dealkylation sites (tertiary alicyclic amines) is 1. The molecule has 1 aromatic heterocycles. The molecular formula is C14H26N6. The minimum Gasteiger partial charge on any atom is -0.306 e. The van der Waals surface area contributed by atoms with Crippen LogP contribution in [0.25, 0.3) is 0 Å². The van der Waals surface area contributed by atoms with Gasteiger partial charge in [-0.3, -0.25) is 4.90 Å². The molecule has 1 saturated heterocycles. The van der Waals surface area contributed by atoms with Crippen LogP contribution in [0.15, 0.2) is 0 Å². The van der Waals surface area contributed by atoms with Gasteiger partial charge in [-0.1, -0.05) is 0 Å². The van der Waals surface area contributed by atoms with Gasteiger partial charge in [0, 0.05) is 26.7 Å². The van der Waals surface area contributed by atoms with Crippen LogP contribution in [0.5, 0.6) is 0 Å². The number of hydrogen-bond acceptors (Lipinski definition) is 5. The summed E-state index contributed by atoms with van der Waals surface area (Å²) in [5, 5.41) is 11.8. The highest BCUT2D eigenvalue weighted by Crippen LogP contribution is 2.30. The fourth-order valence-corrected chi connectivity index (χ4v) is 3.37. The molecule has 0 aromatic carbocycles. The first-order chi connectivity index (χ1) is 9.63. The van der Waals surface area contributed by atoms with Crippen molar-refractivity contribution in [2.45, 2.75) is 32.2 Å². The highest BCUT2D eigenvalue weighted by molar-refractivity contribution is 4.93. The first-order valence-corrected chi connectivity index (χ1v) is 7.78. The summed E-state index contributed by atoms with van der Waals surface area (Å²) in [4.78, 5) is 5.04. The average Bonchev–Trinajstić information content (AvgIpc) is 2.92. The van der Waals surface area contributed by atoms with Crippen molar-refractivity contribution in [2.75, 3.05) is 33.2 Å². The van der Waals surface area contributed by atoms with Gasteiger partial charge >= 0.3 is 0 Å². The van der Waals surface area contributed by atoms with E-state index >= 15 is 0 Å². The molecule has 0 bridgehead atoms. The van der Waals surface area contributed by atoms with E-state index in [1.54, 1.807) is 4.68 Å². The molecule has 0 spiro atoms. The van der Waals surface area contributed by atoms with E-state index in [9.17, 15) is 0 Å². The fraction of sp³-hybridized carbons (Fsp3) is 0.929. The van der Waals surface area contributed by atoms with Crippen molar-refractivity contribution < 1.29 is 0 Å². The Hall–Kier alpha value is -1.01. The molecule has 1 saturated carbocycles. The second kappa shape index (κ2) is 5.77. The van der Waals surface area contributed by atoms with Gasteiger partial charge in [0.05, 0.1) is 6.04 Å². The molecule has 2 atom stereocenters. The van der Waals surface area contributed by atoms with Crippen molar-refractivity contribution in [3.8, 4) is 0 Å². The van der Waals surface area contributed by atoms with Gasteiger partial charge in [0.2, 0.25) is 0 Å². The summed E-state index contributed by atoms with van der Waals surface area (Å²) in [6, 6.07) is 0.314. The van der Waals surface area contributed by atoms with Gasteiger partial charge in [-0.05, 0) is 62.0 Å². The molecule has 3 rings (SSSR count). The number of nitrogens with zero attached hydrogens (tertiary/aromatic N) is 6. The van der Waals surface area contributed by atoms with Crippen molar-refractivity contribution >= 4 is 0 Å². The zero-order chi connectivity index (χ0) is 14.1. The Kier molecular flexibility index (Phi) is 4.03. The first-order valence-electron chi connectivity index (χ1n) is 7.78. The van der Waals surface area contributed by atoms with Crippen LogP contribution >= 0.6 is 0 Å². The lowest BCUT2D eigenvalue weighted by Crippen LogP contribution is -2.31. The largest absolute Gasteiger partial charge is 0.306 e. The second-order valence-electron chi connectivity index (χ2n) is 6.65. The van der Waals surface area contributed by atoms with Gasteiger partial charge in [-0.2, -0.15) is 0 Å². The number of tetrazole rings is 1. The molecule has 6 heteroatoms. The number of rotatable bonds is 6. The highest BCUT2D eigenvalue weighted by Gasteiger charge is 2.30. The van der Waals surface area contributed by atoms with Gasteiger partial charge in [-0.25, -0.2) is 4.68 Å². The monoisotopic (exact) mass is 278 g/mol. The van der Waals surface area contributed by atoms with Crippen LogP contribution in [0.3, 0.4) is 0 Å². The third kappa shape index (κ3) is 3.17. The lowest BCUT2D eigenvalue weighted by molar-refractivity contribution is 0.219. The van der Waals surface area contributed by atoms with Crippen LogP contribution in [0.2, 0.25) is 0 Å². The van der Waals surface area contributed by atoms with Gasteiger partial charge in [-0.15, -0.1) is 5.10 Å². The maximum absolute atomic E-state index is 4.14. The molecule has 0 amide bonds. The Morgan fingerprint density at radius 3 is 2.65 bits per heavy atom. The molecule has 112 valence electrons. The first kappa shape index (κ1) is 13.9. The normalized spacial score (nSPS) is 25.5. The Balaban J connectivity index is 1.49. The molecule has 1 aromatic rings. The zero-order valence-electron chi connectivity index (χ0n) is 12.9. The van der Waals surface area contributed by atoms with Crippen LogP contribution in [0, 0.1) is 11.8 Å². The van der Waals surface area contributed by atoms with Crippen LogP contribution in [0.4, 0.5) is 0 Å². The quantitative estimate of drug-likeness (QED) is 0.775. The summed E-state index contributed by atoms with van der Waals surface area (Å²) in [7, 11) is 4.19. The minimum atomic E-state index is 0.314. The summed E-state index contributed by atoms with van der Waals surface area (Å²) in [6.45, 7) is 7.07. The van der Waals surface area contributed by atoms with E-state index in [-0.39, 0.29) is 0 Å². The summed E-state index contributed by atoms with van der Waals surface area (Å²) < 4.78 is 1.79. The van der Waals surface area contributed by atoms with Crippen LogP contribution in [-0.2, 0) is 7.05 Å². The van der Waals surface area contributed by atoms with E-state index in [1.807, 2.05) is 7.05 Å².